The second kappa shape index (κ2) is 6.43. The molecule has 0 spiro atoms. The van der Waals surface area contributed by atoms with E-state index in [1.165, 1.54) is 0 Å². The van der Waals surface area contributed by atoms with Crippen LogP contribution >= 0.6 is 0 Å². The van der Waals surface area contributed by atoms with Crippen LogP contribution in [0.2, 0.25) is 0 Å². The van der Waals surface area contributed by atoms with Gasteiger partial charge in [0, 0.05) is 24.7 Å². The fourth-order valence-corrected chi connectivity index (χ4v) is 1.89. The molecule has 0 aromatic heterocycles. The Labute approximate surface area is 110 Å². The lowest BCUT2D eigenvalue weighted by atomic mass is 10.1. The third-order valence-electron chi connectivity index (χ3n) is 2.92. The quantitative estimate of drug-likeness (QED) is 0.814. The van der Waals surface area contributed by atoms with E-state index in [2.05, 4.69) is 13.8 Å². The van der Waals surface area contributed by atoms with Gasteiger partial charge in [-0.1, -0.05) is 32.0 Å². The highest BCUT2D eigenvalue weighted by molar-refractivity contribution is 5.76. The molecule has 0 aliphatic rings. The summed E-state index contributed by atoms with van der Waals surface area (Å²) in [6, 6.07) is 7.91. The Hall–Kier alpha value is -1.51. The average molecular weight is 248 g/mol. The Morgan fingerprint density at radius 1 is 1.22 bits per heavy atom. The maximum atomic E-state index is 12.2. The van der Waals surface area contributed by atoms with Crippen LogP contribution < -0.4 is 5.73 Å². The molecule has 18 heavy (non-hydrogen) atoms. The molecule has 0 atom stereocenters. The number of hydrogen-bond donors (Lipinski definition) is 1. The van der Waals surface area contributed by atoms with Crippen molar-refractivity contribution in [2.45, 2.75) is 46.7 Å². The molecule has 1 aromatic rings. The normalized spacial score (nSPS) is 11.0. The van der Waals surface area contributed by atoms with Crippen LogP contribution in [0.25, 0.3) is 0 Å². The molecule has 0 aliphatic heterocycles. The summed E-state index contributed by atoms with van der Waals surface area (Å²) in [6.45, 7) is 8.80. The van der Waals surface area contributed by atoms with E-state index < -0.39 is 0 Å². The molecule has 0 aliphatic carbocycles. The molecule has 3 nitrogen and oxygen atoms in total. The molecule has 0 unspecified atom stereocenters. The molecule has 2 N–H and O–H groups in total. The first-order valence-corrected chi connectivity index (χ1v) is 6.54. The lowest BCUT2D eigenvalue weighted by Crippen LogP contribution is -2.37. The monoisotopic (exact) mass is 248 g/mol. The van der Waals surface area contributed by atoms with Crippen LogP contribution in [0.1, 0.15) is 39.7 Å². The first kappa shape index (κ1) is 14.6. The molecule has 0 bridgehead atoms. The lowest BCUT2D eigenvalue weighted by molar-refractivity contribution is -0.134. The predicted octanol–water partition coefficient (Wildman–Crippen LogP) is 3.05. The van der Waals surface area contributed by atoms with Crippen LogP contribution in [0.3, 0.4) is 0 Å². The van der Waals surface area contributed by atoms with E-state index in [9.17, 15) is 4.79 Å². The van der Waals surface area contributed by atoms with E-state index in [4.69, 9.17) is 5.73 Å². The van der Waals surface area contributed by atoms with Crippen molar-refractivity contribution < 1.29 is 4.79 Å². The maximum Gasteiger partial charge on any atom is 0.223 e. The molecular weight excluding hydrogens is 224 g/mol. The lowest BCUT2D eigenvalue weighted by Gasteiger charge is -2.28. The largest absolute Gasteiger partial charge is 0.398 e. The summed E-state index contributed by atoms with van der Waals surface area (Å²) < 4.78 is 0. The highest BCUT2D eigenvalue weighted by Gasteiger charge is 2.18. The van der Waals surface area contributed by atoms with Crippen LogP contribution in [0.5, 0.6) is 0 Å². The molecule has 100 valence electrons. The SMILES string of the molecule is CC(C)CC(=O)N(Cc1ccccc1N)C(C)C. The number of nitrogens with zero attached hydrogens (tertiary/aromatic N) is 1. The average Bonchev–Trinajstić information content (AvgIpc) is 2.26. The number of benzene rings is 1. The number of hydrogen-bond acceptors (Lipinski definition) is 2. The summed E-state index contributed by atoms with van der Waals surface area (Å²) in [5, 5.41) is 0. The molecule has 1 amide bonds. The van der Waals surface area contributed by atoms with Crippen molar-refractivity contribution in [1.82, 2.24) is 4.90 Å². The maximum absolute atomic E-state index is 12.2. The second-order valence-electron chi connectivity index (χ2n) is 5.41. The van der Waals surface area contributed by atoms with Crippen molar-refractivity contribution in [2.24, 2.45) is 5.92 Å². The van der Waals surface area contributed by atoms with E-state index in [1.807, 2.05) is 43.0 Å². The summed E-state index contributed by atoms with van der Waals surface area (Å²) in [4.78, 5) is 14.1. The number of nitrogen functional groups attached to an aromatic ring is 1. The van der Waals surface area contributed by atoms with Crippen molar-refractivity contribution in [1.29, 1.82) is 0 Å². The molecule has 0 fully saturated rings. The van der Waals surface area contributed by atoms with Gasteiger partial charge < -0.3 is 10.6 Å². The van der Waals surface area contributed by atoms with Crippen LogP contribution in [-0.4, -0.2) is 16.8 Å². The van der Waals surface area contributed by atoms with E-state index in [-0.39, 0.29) is 11.9 Å². The molecule has 1 aromatic carbocycles. The Morgan fingerprint density at radius 3 is 2.33 bits per heavy atom. The Bertz CT molecular complexity index is 399. The highest BCUT2D eigenvalue weighted by atomic mass is 16.2. The Kier molecular flexibility index (Phi) is 5.20. The van der Waals surface area contributed by atoms with Gasteiger partial charge in [0.1, 0.15) is 0 Å². The summed E-state index contributed by atoms with van der Waals surface area (Å²) >= 11 is 0. The van der Waals surface area contributed by atoms with Crippen molar-refractivity contribution in [3.05, 3.63) is 29.8 Å². The summed E-state index contributed by atoms with van der Waals surface area (Å²) in [5.74, 6) is 0.579. The van der Waals surface area contributed by atoms with Crippen molar-refractivity contribution in [3.8, 4) is 0 Å². The van der Waals surface area contributed by atoms with Crippen LogP contribution in [0.4, 0.5) is 5.69 Å². The van der Waals surface area contributed by atoms with Crippen molar-refractivity contribution in [3.63, 3.8) is 0 Å². The molecule has 3 heteroatoms. The predicted molar refractivity (Wildman–Crippen MR) is 76.0 cm³/mol. The molecule has 0 saturated carbocycles. The summed E-state index contributed by atoms with van der Waals surface area (Å²) in [6.07, 6.45) is 0.588. The highest BCUT2D eigenvalue weighted by Crippen LogP contribution is 2.17. The first-order chi connectivity index (χ1) is 8.41. The molecule has 1 rings (SSSR count). The number of rotatable bonds is 5. The number of anilines is 1. The minimum absolute atomic E-state index is 0.191. The van der Waals surface area contributed by atoms with Crippen molar-refractivity contribution in [2.75, 3.05) is 5.73 Å². The van der Waals surface area contributed by atoms with Gasteiger partial charge in [-0.05, 0) is 31.4 Å². The standard InChI is InChI=1S/C15H24N2O/c1-11(2)9-15(18)17(12(3)4)10-13-7-5-6-8-14(13)16/h5-8,11-12H,9-10,16H2,1-4H3. The zero-order chi connectivity index (χ0) is 13.7. The Balaban J connectivity index is 2.81. The minimum atomic E-state index is 0.191. The van der Waals surface area contributed by atoms with E-state index in [1.54, 1.807) is 0 Å². The van der Waals surface area contributed by atoms with Gasteiger partial charge in [0.2, 0.25) is 5.91 Å². The topological polar surface area (TPSA) is 46.3 Å². The van der Waals surface area contributed by atoms with Gasteiger partial charge >= 0.3 is 0 Å². The number of carbonyl (C=O) groups is 1. The van der Waals surface area contributed by atoms with E-state index in [0.29, 0.717) is 18.9 Å². The zero-order valence-corrected chi connectivity index (χ0v) is 11.8. The number of carbonyl (C=O) groups excluding carboxylic acids is 1. The number of amides is 1. The molecule has 0 heterocycles. The fraction of sp³-hybridized carbons (Fsp3) is 0.533. The van der Waals surface area contributed by atoms with Gasteiger partial charge in [-0.25, -0.2) is 0 Å². The molecule has 0 saturated heterocycles. The fourth-order valence-electron chi connectivity index (χ4n) is 1.89. The molecule has 0 radical (unpaired) electrons. The van der Waals surface area contributed by atoms with Crippen LogP contribution in [0, 0.1) is 5.92 Å². The third-order valence-corrected chi connectivity index (χ3v) is 2.92. The summed E-state index contributed by atoms with van der Waals surface area (Å²) in [5.41, 5.74) is 7.70. The number of para-hydroxylation sites is 1. The van der Waals surface area contributed by atoms with Crippen molar-refractivity contribution >= 4 is 11.6 Å². The number of nitrogens with two attached hydrogens (primary N) is 1. The smallest absolute Gasteiger partial charge is 0.223 e. The van der Waals surface area contributed by atoms with Gasteiger partial charge in [-0.2, -0.15) is 0 Å². The van der Waals surface area contributed by atoms with Gasteiger partial charge in [0.05, 0.1) is 0 Å². The van der Waals surface area contributed by atoms with Gasteiger partial charge in [-0.3, -0.25) is 4.79 Å². The second-order valence-corrected chi connectivity index (χ2v) is 5.41. The van der Waals surface area contributed by atoms with Crippen LogP contribution in [-0.2, 0) is 11.3 Å². The zero-order valence-electron chi connectivity index (χ0n) is 11.8. The van der Waals surface area contributed by atoms with Gasteiger partial charge in [-0.15, -0.1) is 0 Å². The molecular formula is C15H24N2O. The first-order valence-electron chi connectivity index (χ1n) is 6.54. The van der Waals surface area contributed by atoms with Gasteiger partial charge in [0.15, 0.2) is 0 Å². The minimum Gasteiger partial charge on any atom is -0.398 e. The van der Waals surface area contributed by atoms with E-state index in [0.717, 1.165) is 11.3 Å². The van der Waals surface area contributed by atoms with Gasteiger partial charge in [0.25, 0.3) is 0 Å². The van der Waals surface area contributed by atoms with E-state index >= 15 is 0 Å². The third kappa shape index (κ3) is 4.06. The van der Waals surface area contributed by atoms with Crippen LogP contribution in [0.15, 0.2) is 24.3 Å². The summed E-state index contributed by atoms with van der Waals surface area (Å²) in [7, 11) is 0. The Morgan fingerprint density at radius 2 is 1.83 bits per heavy atom.